The van der Waals surface area contributed by atoms with E-state index in [0.717, 1.165) is 5.56 Å². The predicted molar refractivity (Wildman–Crippen MR) is 120 cm³/mol. The molecule has 0 unspecified atom stereocenters. The van der Waals surface area contributed by atoms with Crippen molar-refractivity contribution in [2.75, 3.05) is 11.4 Å². The van der Waals surface area contributed by atoms with Gasteiger partial charge < -0.3 is 4.90 Å². The number of anilines is 1. The van der Waals surface area contributed by atoms with Crippen molar-refractivity contribution < 1.29 is 18.0 Å². The molecule has 3 aromatic rings. The summed E-state index contributed by atoms with van der Waals surface area (Å²) >= 11 is 0. The van der Waals surface area contributed by atoms with Crippen molar-refractivity contribution in [3.05, 3.63) is 71.7 Å². The molecule has 174 valence electrons. The summed E-state index contributed by atoms with van der Waals surface area (Å²) in [5.41, 5.74) is 1.98. The molecule has 0 N–H and O–H groups in total. The fourth-order valence-electron chi connectivity index (χ4n) is 4.11. The lowest BCUT2D eigenvalue weighted by Crippen LogP contribution is -2.37. The fourth-order valence-corrected chi connectivity index (χ4v) is 4.11. The highest BCUT2D eigenvalue weighted by atomic mass is 19.4. The van der Waals surface area contributed by atoms with E-state index in [1.807, 2.05) is 12.1 Å². The van der Waals surface area contributed by atoms with Gasteiger partial charge in [-0.3, -0.25) is 9.78 Å². The molecule has 1 atom stereocenters. The van der Waals surface area contributed by atoms with Crippen LogP contribution in [0.25, 0.3) is 11.4 Å². The van der Waals surface area contributed by atoms with E-state index in [-0.39, 0.29) is 17.3 Å². The molecule has 0 spiro atoms. The zero-order valence-electron chi connectivity index (χ0n) is 18.3. The van der Waals surface area contributed by atoms with Crippen LogP contribution in [-0.2, 0) is 17.4 Å². The van der Waals surface area contributed by atoms with Gasteiger partial charge in [-0.05, 0) is 55.5 Å². The zero-order chi connectivity index (χ0) is 24.1. The van der Waals surface area contributed by atoms with Crippen molar-refractivity contribution in [3.63, 3.8) is 0 Å². The third-order valence-electron chi connectivity index (χ3n) is 5.78. The Morgan fingerprint density at radius 2 is 1.91 bits per heavy atom. The molecule has 2 aromatic heterocycles. The summed E-state index contributed by atoms with van der Waals surface area (Å²) in [7, 11) is 0. The molecule has 0 saturated carbocycles. The normalized spacial score (nSPS) is 15.8. The molecule has 0 amide bonds. The van der Waals surface area contributed by atoms with Crippen molar-refractivity contribution in [2.24, 2.45) is 0 Å². The summed E-state index contributed by atoms with van der Waals surface area (Å²) < 4.78 is 40.6. The number of Topliss-reactive ketones (excluding diaryl/α,β-unsaturated/α-hetero) is 1. The van der Waals surface area contributed by atoms with Crippen LogP contribution >= 0.6 is 0 Å². The molecule has 1 saturated heterocycles. The van der Waals surface area contributed by atoms with E-state index in [2.05, 4.69) is 21.0 Å². The number of aryl methyl sites for hydroxylation is 1. The standard InChI is InChI=1S/C25H22F3N5O/c26-25(27,28)24-31-20(19-6-1-2-13-30-19)15-23(32-24)33-14-4-7-21(33)22(34)8-3-5-17-9-11-18(16-29)12-10-17/h1-2,6,9-13,15,21H,3-5,7-8,14H2/t21-/m0/s1. The van der Waals surface area contributed by atoms with Crippen molar-refractivity contribution in [1.82, 2.24) is 15.0 Å². The highest BCUT2D eigenvalue weighted by molar-refractivity contribution is 5.87. The van der Waals surface area contributed by atoms with Gasteiger partial charge in [-0.15, -0.1) is 0 Å². The summed E-state index contributed by atoms with van der Waals surface area (Å²) in [5.74, 6) is -1.17. The van der Waals surface area contributed by atoms with Crippen LogP contribution in [0.2, 0.25) is 0 Å². The number of nitrogens with zero attached hydrogens (tertiary/aromatic N) is 5. The van der Waals surface area contributed by atoms with Gasteiger partial charge >= 0.3 is 6.18 Å². The number of pyridine rings is 1. The Morgan fingerprint density at radius 3 is 2.59 bits per heavy atom. The fraction of sp³-hybridized carbons (Fsp3) is 0.320. The highest BCUT2D eigenvalue weighted by Gasteiger charge is 2.38. The quantitative estimate of drug-likeness (QED) is 0.489. The molecule has 3 heterocycles. The van der Waals surface area contributed by atoms with E-state index < -0.39 is 18.0 Å². The molecule has 9 heteroatoms. The number of hydrogen-bond acceptors (Lipinski definition) is 6. The Morgan fingerprint density at radius 1 is 1.12 bits per heavy atom. The van der Waals surface area contributed by atoms with E-state index in [0.29, 0.717) is 49.9 Å². The number of halogens is 3. The first kappa shape index (κ1) is 23.4. The largest absolute Gasteiger partial charge is 0.451 e. The highest BCUT2D eigenvalue weighted by Crippen LogP contribution is 2.33. The lowest BCUT2D eigenvalue weighted by molar-refractivity contribution is -0.144. The maximum absolute atomic E-state index is 13.5. The Bertz CT molecular complexity index is 1190. The van der Waals surface area contributed by atoms with E-state index in [1.54, 1.807) is 35.2 Å². The van der Waals surface area contributed by atoms with Gasteiger partial charge in [0, 0.05) is 25.2 Å². The third kappa shape index (κ3) is 5.39. The van der Waals surface area contributed by atoms with Crippen LogP contribution in [0.1, 0.15) is 42.6 Å². The number of benzene rings is 1. The van der Waals surface area contributed by atoms with Crippen LogP contribution in [0, 0.1) is 11.3 Å². The van der Waals surface area contributed by atoms with E-state index in [4.69, 9.17) is 5.26 Å². The number of aromatic nitrogens is 3. The van der Waals surface area contributed by atoms with Gasteiger partial charge in [0.15, 0.2) is 5.78 Å². The summed E-state index contributed by atoms with van der Waals surface area (Å²) in [5, 5.41) is 8.89. The van der Waals surface area contributed by atoms with E-state index in [1.165, 1.54) is 12.3 Å². The monoisotopic (exact) mass is 465 g/mol. The third-order valence-corrected chi connectivity index (χ3v) is 5.78. The maximum Gasteiger partial charge on any atom is 0.451 e. The van der Waals surface area contributed by atoms with Crippen molar-refractivity contribution in [1.29, 1.82) is 5.26 Å². The Balaban J connectivity index is 1.51. The van der Waals surface area contributed by atoms with Crippen LogP contribution in [0.15, 0.2) is 54.7 Å². The molecule has 0 bridgehead atoms. The number of hydrogen-bond donors (Lipinski definition) is 0. The first-order chi connectivity index (χ1) is 16.3. The number of carbonyl (C=O) groups excluding carboxylic acids is 1. The average molecular weight is 465 g/mol. The first-order valence-corrected chi connectivity index (χ1v) is 11.0. The lowest BCUT2D eigenvalue weighted by Gasteiger charge is -2.25. The topological polar surface area (TPSA) is 82.8 Å². The van der Waals surface area contributed by atoms with Crippen LogP contribution in [0.3, 0.4) is 0 Å². The number of ketones is 1. The minimum Gasteiger partial charge on any atom is -0.346 e. The molecule has 1 fully saturated rings. The van der Waals surface area contributed by atoms with Gasteiger partial charge in [-0.2, -0.15) is 18.4 Å². The maximum atomic E-state index is 13.5. The average Bonchev–Trinajstić information content (AvgIpc) is 3.34. The number of nitriles is 1. The Hall–Kier alpha value is -3.80. The number of rotatable bonds is 7. The summed E-state index contributed by atoms with van der Waals surface area (Å²) in [6.07, 6.45) is -0.367. The van der Waals surface area contributed by atoms with Crippen molar-refractivity contribution in [2.45, 2.75) is 44.3 Å². The lowest BCUT2D eigenvalue weighted by atomic mass is 10.0. The van der Waals surface area contributed by atoms with E-state index >= 15 is 0 Å². The predicted octanol–water partition coefficient (Wildman–Crippen LogP) is 4.99. The molecule has 0 aliphatic carbocycles. The minimum absolute atomic E-state index is 0.0160. The zero-order valence-corrected chi connectivity index (χ0v) is 18.3. The minimum atomic E-state index is -4.72. The second-order valence-electron chi connectivity index (χ2n) is 8.13. The van der Waals surface area contributed by atoms with Crippen LogP contribution in [0.5, 0.6) is 0 Å². The molecule has 4 rings (SSSR count). The SMILES string of the molecule is N#Cc1ccc(CCCC(=O)[C@@H]2CCCN2c2cc(-c3ccccn3)nc(C(F)(F)F)n2)cc1. The van der Waals surface area contributed by atoms with Crippen LogP contribution in [-0.4, -0.2) is 33.3 Å². The molecule has 34 heavy (non-hydrogen) atoms. The first-order valence-electron chi connectivity index (χ1n) is 11.0. The van der Waals surface area contributed by atoms with Gasteiger partial charge in [0.25, 0.3) is 0 Å². The molecular weight excluding hydrogens is 443 g/mol. The van der Waals surface area contributed by atoms with Gasteiger partial charge in [0.1, 0.15) is 5.82 Å². The molecule has 0 radical (unpaired) electrons. The van der Waals surface area contributed by atoms with Gasteiger partial charge in [0.05, 0.1) is 29.1 Å². The summed E-state index contributed by atoms with van der Waals surface area (Å²) in [6.45, 7) is 0.446. The molecular formula is C25H22F3N5O. The Labute approximate surface area is 195 Å². The molecule has 1 aliphatic heterocycles. The molecule has 6 nitrogen and oxygen atoms in total. The Kier molecular flexibility index (Phi) is 6.87. The summed E-state index contributed by atoms with van der Waals surface area (Å²) in [4.78, 5) is 26.2. The van der Waals surface area contributed by atoms with Gasteiger partial charge in [0.2, 0.25) is 5.82 Å². The van der Waals surface area contributed by atoms with Crippen molar-refractivity contribution in [3.8, 4) is 17.5 Å². The summed E-state index contributed by atoms with van der Waals surface area (Å²) in [6, 6.07) is 15.2. The van der Waals surface area contributed by atoms with Crippen molar-refractivity contribution >= 4 is 11.6 Å². The van der Waals surface area contributed by atoms with Gasteiger partial charge in [-0.1, -0.05) is 18.2 Å². The number of carbonyl (C=O) groups is 1. The van der Waals surface area contributed by atoms with E-state index in [9.17, 15) is 18.0 Å². The number of alkyl halides is 3. The van der Waals surface area contributed by atoms with Gasteiger partial charge in [-0.25, -0.2) is 9.97 Å². The molecule has 1 aromatic carbocycles. The molecule has 1 aliphatic rings. The smallest absolute Gasteiger partial charge is 0.346 e. The van der Waals surface area contributed by atoms with Crippen LogP contribution in [0.4, 0.5) is 19.0 Å². The second-order valence-corrected chi connectivity index (χ2v) is 8.13. The van der Waals surface area contributed by atoms with Crippen LogP contribution < -0.4 is 4.90 Å². The second kappa shape index (κ2) is 10.00.